The van der Waals surface area contributed by atoms with Crippen molar-refractivity contribution in [3.63, 3.8) is 0 Å². The number of nitro benzene ring substituents is 1. The highest BCUT2D eigenvalue weighted by molar-refractivity contribution is 5.87. The number of nitrogens with zero attached hydrogens (tertiary/aromatic N) is 1. The first-order valence-corrected chi connectivity index (χ1v) is 4.63. The third-order valence-electron chi connectivity index (χ3n) is 1.93. The molecule has 0 unspecified atom stereocenters. The third kappa shape index (κ3) is 3.20. The Bertz CT molecular complexity index is 451. The minimum atomic E-state index is -0.517. The van der Waals surface area contributed by atoms with Gasteiger partial charge in [0.05, 0.1) is 4.92 Å². The number of benzene rings is 1. The van der Waals surface area contributed by atoms with Gasteiger partial charge in [-0.2, -0.15) is 0 Å². The van der Waals surface area contributed by atoms with Gasteiger partial charge in [-0.1, -0.05) is 18.2 Å². The maximum absolute atomic E-state index is 10.7. The normalized spacial score (nSPS) is 11.2. The predicted octanol–water partition coefficient (Wildman–Crippen LogP) is 2.17. The molecule has 1 aromatic rings. The lowest BCUT2D eigenvalue weighted by molar-refractivity contribution is -0.385. The highest BCUT2D eigenvalue weighted by Gasteiger charge is 2.13. The lowest BCUT2D eigenvalue weighted by Gasteiger charge is -2.01. The monoisotopic (exact) mass is 221 g/mol. The standard InChI is InChI=1S/C11H11NO4/c1-8(13)6-10(14)7-9-4-2-3-5-11(9)12(15)16/h2-6,14H,7H2,1H3. The van der Waals surface area contributed by atoms with Crippen LogP contribution in [0.15, 0.2) is 36.1 Å². The van der Waals surface area contributed by atoms with Gasteiger partial charge in [0.15, 0.2) is 5.78 Å². The molecule has 0 heterocycles. The molecule has 1 rings (SSSR count). The zero-order chi connectivity index (χ0) is 12.1. The van der Waals surface area contributed by atoms with Gasteiger partial charge in [-0.25, -0.2) is 0 Å². The van der Waals surface area contributed by atoms with Crippen LogP contribution >= 0.6 is 0 Å². The molecule has 0 atom stereocenters. The molecule has 0 spiro atoms. The lowest BCUT2D eigenvalue weighted by atomic mass is 10.1. The average molecular weight is 221 g/mol. The maximum Gasteiger partial charge on any atom is 0.273 e. The molecule has 0 aliphatic rings. The van der Waals surface area contributed by atoms with Gasteiger partial charge in [0, 0.05) is 24.1 Å². The van der Waals surface area contributed by atoms with E-state index >= 15 is 0 Å². The van der Waals surface area contributed by atoms with Crippen LogP contribution < -0.4 is 0 Å². The average Bonchev–Trinajstić information content (AvgIpc) is 2.16. The number of aliphatic hydroxyl groups excluding tert-OH is 1. The van der Waals surface area contributed by atoms with Gasteiger partial charge in [0.2, 0.25) is 0 Å². The van der Waals surface area contributed by atoms with E-state index in [-0.39, 0.29) is 23.7 Å². The maximum atomic E-state index is 10.7. The van der Waals surface area contributed by atoms with E-state index in [0.29, 0.717) is 5.56 Å². The van der Waals surface area contributed by atoms with Crippen LogP contribution in [-0.4, -0.2) is 15.8 Å². The van der Waals surface area contributed by atoms with Crippen molar-refractivity contribution in [3.05, 3.63) is 51.8 Å². The van der Waals surface area contributed by atoms with Crippen molar-refractivity contribution < 1.29 is 14.8 Å². The second-order valence-corrected chi connectivity index (χ2v) is 3.31. The molecule has 1 aromatic carbocycles. The lowest BCUT2D eigenvalue weighted by Crippen LogP contribution is -1.98. The van der Waals surface area contributed by atoms with Crippen molar-refractivity contribution in [2.45, 2.75) is 13.3 Å². The number of carbonyl (C=O) groups is 1. The summed E-state index contributed by atoms with van der Waals surface area (Å²) in [5.41, 5.74) is 0.313. The van der Waals surface area contributed by atoms with Crippen molar-refractivity contribution in [2.75, 3.05) is 0 Å². The summed E-state index contributed by atoms with van der Waals surface area (Å²) in [6, 6.07) is 6.09. The minimum Gasteiger partial charge on any atom is -0.512 e. The number of hydrogen-bond acceptors (Lipinski definition) is 4. The first-order chi connectivity index (χ1) is 7.50. The second-order valence-electron chi connectivity index (χ2n) is 3.31. The number of nitro groups is 1. The number of para-hydroxylation sites is 1. The van der Waals surface area contributed by atoms with Crippen molar-refractivity contribution in [1.29, 1.82) is 0 Å². The Labute approximate surface area is 92.2 Å². The Balaban J connectivity index is 2.97. The molecule has 0 saturated carbocycles. The summed E-state index contributed by atoms with van der Waals surface area (Å²) >= 11 is 0. The van der Waals surface area contributed by atoms with Crippen LogP contribution in [0.2, 0.25) is 0 Å². The molecule has 84 valence electrons. The van der Waals surface area contributed by atoms with Crippen molar-refractivity contribution >= 4 is 11.5 Å². The number of aliphatic hydroxyl groups is 1. The molecule has 16 heavy (non-hydrogen) atoms. The summed E-state index contributed by atoms with van der Waals surface area (Å²) in [5, 5.41) is 20.1. The quantitative estimate of drug-likeness (QED) is 0.365. The molecule has 0 radical (unpaired) electrons. The molecule has 0 bridgehead atoms. The van der Waals surface area contributed by atoms with E-state index in [1.54, 1.807) is 18.2 Å². The Morgan fingerprint density at radius 3 is 2.69 bits per heavy atom. The van der Waals surface area contributed by atoms with Crippen LogP contribution in [0.25, 0.3) is 0 Å². The smallest absolute Gasteiger partial charge is 0.273 e. The molecule has 5 nitrogen and oxygen atoms in total. The highest BCUT2D eigenvalue weighted by atomic mass is 16.6. The Morgan fingerprint density at radius 2 is 2.12 bits per heavy atom. The largest absolute Gasteiger partial charge is 0.512 e. The predicted molar refractivity (Wildman–Crippen MR) is 58.2 cm³/mol. The van der Waals surface area contributed by atoms with Gasteiger partial charge >= 0.3 is 0 Å². The fourth-order valence-electron chi connectivity index (χ4n) is 1.32. The highest BCUT2D eigenvalue weighted by Crippen LogP contribution is 2.19. The molecule has 5 heteroatoms. The van der Waals surface area contributed by atoms with E-state index in [9.17, 15) is 20.0 Å². The fraction of sp³-hybridized carbons (Fsp3) is 0.182. The summed E-state index contributed by atoms with van der Waals surface area (Å²) in [6.45, 7) is 1.30. The zero-order valence-electron chi connectivity index (χ0n) is 8.71. The first kappa shape index (κ1) is 11.9. The van der Waals surface area contributed by atoms with Gasteiger partial charge in [-0.3, -0.25) is 14.9 Å². The van der Waals surface area contributed by atoms with E-state index in [1.807, 2.05) is 0 Å². The van der Waals surface area contributed by atoms with Crippen molar-refractivity contribution in [1.82, 2.24) is 0 Å². The molecule has 0 aliphatic heterocycles. The van der Waals surface area contributed by atoms with Gasteiger partial charge in [0.1, 0.15) is 5.76 Å². The van der Waals surface area contributed by atoms with E-state index in [1.165, 1.54) is 13.0 Å². The van der Waals surface area contributed by atoms with Crippen LogP contribution in [0.3, 0.4) is 0 Å². The molecule has 0 aromatic heterocycles. The summed E-state index contributed by atoms with van der Waals surface area (Å²) in [7, 11) is 0. The van der Waals surface area contributed by atoms with Gasteiger partial charge in [0.25, 0.3) is 5.69 Å². The number of hydrogen-bond donors (Lipinski definition) is 1. The molecule has 0 fully saturated rings. The van der Waals surface area contributed by atoms with E-state index in [4.69, 9.17) is 0 Å². The number of carbonyl (C=O) groups excluding carboxylic acids is 1. The topological polar surface area (TPSA) is 80.4 Å². The fourth-order valence-corrected chi connectivity index (χ4v) is 1.32. The van der Waals surface area contributed by atoms with Gasteiger partial charge < -0.3 is 5.11 Å². The molecule has 1 N–H and O–H groups in total. The summed E-state index contributed by atoms with van der Waals surface area (Å²) in [6.07, 6.45) is 1.04. The van der Waals surface area contributed by atoms with Crippen LogP contribution in [-0.2, 0) is 11.2 Å². The first-order valence-electron chi connectivity index (χ1n) is 4.63. The summed E-state index contributed by atoms with van der Waals surface area (Å²) in [5.74, 6) is -0.474. The molecular formula is C11H11NO4. The molecule has 0 aliphatic carbocycles. The van der Waals surface area contributed by atoms with E-state index < -0.39 is 4.92 Å². The van der Waals surface area contributed by atoms with E-state index in [0.717, 1.165) is 6.08 Å². The number of ketones is 1. The van der Waals surface area contributed by atoms with Crippen LogP contribution in [0.4, 0.5) is 5.69 Å². The van der Waals surface area contributed by atoms with Gasteiger partial charge in [-0.15, -0.1) is 0 Å². The van der Waals surface area contributed by atoms with Crippen molar-refractivity contribution in [2.24, 2.45) is 0 Å². The molecule has 0 amide bonds. The Morgan fingerprint density at radius 1 is 1.50 bits per heavy atom. The second kappa shape index (κ2) is 5.06. The summed E-state index contributed by atoms with van der Waals surface area (Å²) in [4.78, 5) is 20.8. The van der Waals surface area contributed by atoms with Crippen molar-refractivity contribution in [3.8, 4) is 0 Å². The van der Waals surface area contributed by atoms with Crippen LogP contribution in [0.5, 0.6) is 0 Å². The van der Waals surface area contributed by atoms with Crippen LogP contribution in [0, 0.1) is 10.1 Å². The summed E-state index contributed by atoms with van der Waals surface area (Å²) < 4.78 is 0. The Kier molecular flexibility index (Phi) is 3.77. The SMILES string of the molecule is CC(=O)C=C(O)Cc1ccccc1[N+](=O)[O-]. The number of allylic oxidation sites excluding steroid dienone is 2. The minimum absolute atomic E-state index is 0.0171. The van der Waals surface area contributed by atoms with E-state index in [2.05, 4.69) is 0 Å². The molecular weight excluding hydrogens is 210 g/mol. The van der Waals surface area contributed by atoms with Gasteiger partial charge in [-0.05, 0) is 6.92 Å². The Hall–Kier alpha value is -2.17. The molecule has 0 saturated heterocycles. The zero-order valence-corrected chi connectivity index (χ0v) is 8.71. The van der Waals surface area contributed by atoms with Crippen LogP contribution in [0.1, 0.15) is 12.5 Å². The third-order valence-corrected chi connectivity index (χ3v) is 1.93. The number of rotatable bonds is 4.